The van der Waals surface area contributed by atoms with Gasteiger partial charge in [0.25, 0.3) is 6.43 Å². The van der Waals surface area contributed by atoms with Crippen molar-refractivity contribution in [2.45, 2.75) is 63.0 Å². The molecular weight excluding hydrogens is 396 g/mol. The molecule has 0 atom stereocenters. The van der Waals surface area contributed by atoms with Gasteiger partial charge in [-0.25, -0.2) is 13.6 Å². The Balaban J connectivity index is 1.42. The molecule has 0 unspecified atom stereocenters. The second kappa shape index (κ2) is 9.47. The van der Waals surface area contributed by atoms with Crippen molar-refractivity contribution in [3.8, 4) is 0 Å². The number of piperidine rings is 1. The number of alkyl halides is 2. The third kappa shape index (κ3) is 5.60. The zero-order valence-electron chi connectivity index (χ0n) is 17.5. The molecule has 1 saturated heterocycles. The van der Waals surface area contributed by atoms with Crippen LogP contribution in [0.15, 0.2) is 6.20 Å². The summed E-state index contributed by atoms with van der Waals surface area (Å²) in [5.74, 6) is 0.516. The Morgan fingerprint density at radius 3 is 2.50 bits per heavy atom. The van der Waals surface area contributed by atoms with E-state index in [4.69, 9.17) is 10.8 Å². The van der Waals surface area contributed by atoms with E-state index in [0.29, 0.717) is 51.2 Å². The maximum atomic E-state index is 12.9. The van der Waals surface area contributed by atoms with Crippen LogP contribution in [-0.4, -0.2) is 74.7 Å². The normalized spacial score (nSPS) is 25.9. The molecule has 1 aromatic rings. The SMILES string of the molecule is CN(CCC1CCN(C(=O)O)CC1)CC1(O)CCC(n2cc(N)c(C(F)F)n2)CC1. The number of anilines is 1. The first-order chi connectivity index (χ1) is 14.2. The van der Waals surface area contributed by atoms with Crippen LogP contribution in [0.25, 0.3) is 0 Å². The fourth-order valence-corrected chi connectivity index (χ4v) is 4.74. The van der Waals surface area contributed by atoms with Crippen molar-refractivity contribution in [2.75, 3.05) is 39.0 Å². The number of aromatic nitrogens is 2. The number of nitrogens with two attached hydrogens (primary N) is 1. The zero-order valence-corrected chi connectivity index (χ0v) is 17.5. The number of likely N-dealkylation sites (N-methyl/N-ethyl adjacent to an activating group) is 1. The Morgan fingerprint density at radius 2 is 1.97 bits per heavy atom. The number of amides is 1. The zero-order chi connectivity index (χ0) is 21.9. The van der Waals surface area contributed by atoms with E-state index in [1.54, 1.807) is 0 Å². The highest BCUT2D eigenvalue weighted by Gasteiger charge is 2.35. The Kier molecular flexibility index (Phi) is 7.18. The molecule has 1 amide bonds. The first kappa shape index (κ1) is 22.7. The fourth-order valence-electron chi connectivity index (χ4n) is 4.74. The van der Waals surface area contributed by atoms with Crippen LogP contribution < -0.4 is 5.73 Å². The van der Waals surface area contributed by atoms with Crippen LogP contribution in [0, 0.1) is 5.92 Å². The Labute approximate surface area is 175 Å². The summed E-state index contributed by atoms with van der Waals surface area (Å²) < 4.78 is 27.3. The summed E-state index contributed by atoms with van der Waals surface area (Å²) in [7, 11) is 2.00. The van der Waals surface area contributed by atoms with Gasteiger partial charge >= 0.3 is 6.09 Å². The predicted molar refractivity (Wildman–Crippen MR) is 108 cm³/mol. The van der Waals surface area contributed by atoms with Gasteiger partial charge in [-0.1, -0.05) is 0 Å². The predicted octanol–water partition coefficient (Wildman–Crippen LogP) is 2.96. The molecule has 8 nitrogen and oxygen atoms in total. The summed E-state index contributed by atoms with van der Waals surface area (Å²) >= 11 is 0. The summed E-state index contributed by atoms with van der Waals surface area (Å²) in [4.78, 5) is 14.6. The number of likely N-dealkylation sites (tertiary alicyclic amines) is 1. The molecule has 1 aromatic heterocycles. The van der Waals surface area contributed by atoms with E-state index in [-0.39, 0.29) is 17.4 Å². The van der Waals surface area contributed by atoms with Crippen LogP contribution in [-0.2, 0) is 0 Å². The van der Waals surface area contributed by atoms with Gasteiger partial charge in [-0.05, 0) is 64.5 Å². The maximum Gasteiger partial charge on any atom is 0.407 e. The average molecular weight is 430 g/mol. The minimum Gasteiger partial charge on any atom is -0.465 e. The van der Waals surface area contributed by atoms with Gasteiger partial charge in [-0.15, -0.1) is 0 Å². The van der Waals surface area contributed by atoms with Gasteiger partial charge in [0.2, 0.25) is 0 Å². The van der Waals surface area contributed by atoms with Crippen molar-refractivity contribution < 1.29 is 23.8 Å². The van der Waals surface area contributed by atoms with E-state index in [1.165, 1.54) is 15.8 Å². The Morgan fingerprint density at radius 1 is 1.33 bits per heavy atom. The molecule has 10 heteroatoms. The molecule has 4 N–H and O–H groups in total. The summed E-state index contributed by atoms with van der Waals surface area (Å²) in [6.45, 7) is 2.62. The molecule has 30 heavy (non-hydrogen) atoms. The molecule has 0 radical (unpaired) electrons. The van der Waals surface area contributed by atoms with E-state index in [0.717, 1.165) is 25.8 Å². The quantitative estimate of drug-likeness (QED) is 0.615. The van der Waals surface area contributed by atoms with E-state index < -0.39 is 18.1 Å². The number of rotatable bonds is 7. The molecule has 1 saturated carbocycles. The van der Waals surface area contributed by atoms with Gasteiger partial charge in [0, 0.05) is 25.8 Å². The summed E-state index contributed by atoms with van der Waals surface area (Å²) in [5.41, 5.74) is 4.49. The third-order valence-corrected chi connectivity index (χ3v) is 6.63. The molecule has 170 valence electrons. The smallest absolute Gasteiger partial charge is 0.407 e. The maximum absolute atomic E-state index is 12.9. The Bertz CT molecular complexity index is 713. The number of halogens is 2. The fraction of sp³-hybridized carbons (Fsp3) is 0.800. The second-order valence-electron chi connectivity index (χ2n) is 8.95. The van der Waals surface area contributed by atoms with Crippen LogP contribution in [0.4, 0.5) is 19.3 Å². The van der Waals surface area contributed by atoms with Crippen molar-refractivity contribution in [3.05, 3.63) is 11.9 Å². The lowest BCUT2D eigenvalue weighted by molar-refractivity contribution is -0.0324. The van der Waals surface area contributed by atoms with Crippen LogP contribution in [0.1, 0.15) is 63.1 Å². The van der Waals surface area contributed by atoms with Crippen LogP contribution >= 0.6 is 0 Å². The van der Waals surface area contributed by atoms with Gasteiger partial charge in [0.15, 0.2) is 5.69 Å². The molecule has 2 heterocycles. The monoisotopic (exact) mass is 429 g/mol. The van der Waals surface area contributed by atoms with Crippen LogP contribution in [0.3, 0.4) is 0 Å². The highest BCUT2D eigenvalue weighted by molar-refractivity contribution is 5.64. The third-order valence-electron chi connectivity index (χ3n) is 6.63. The molecule has 0 spiro atoms. The highest BCUT2D eigenvalue weighted by atomic mass is 19.3. The molecule has 1 aliphatic heterocycles. The summed E-state index contributed by atoms with van der Waals surface area (Å²) in [6, 6.07) is -0.0233. The van der Waals surface area contributed by atoms with E-state index in [2.05, 4.69) is 10.00 Å². The topological polar surface area (TPSA) is 108 Å². The van der Waals surface area contributed by atoms with E-state index in [9.17, 15) is 18.7 Å². The van der Waals surface area contributed by atoms with Crippen molar-refractivity contribution >= 4 is 11.8 Å². The second-order valence-corrected chi connectivity index (χ2v) is 8.95. The molecule has 0 bridgehead atoms. The highest BCUT2D eigenvalue weighted by Crippen LogP contribution is 2.36. The lowest BCUT2D eigenvalue weighted by Crippen LogP contribution is -2.45. The van der Waals surface area contributed by atoms with Gasteiger partial charge < -0.3 is 25.7 Å². The Hall–Kier alpha value is -1.94. The van der Waals surface area contributed by atoms with Crippen molar-refractivity contribution in [2.24, 2.45) is 5.92 Å². The van der Waals surface area contributed by atoms with Crippen molar-refractivity contribution in [1.29, 1.82) is 0 Å². The number of carbonyl (C=O) groups is 1. The summed E-state index contributed by atoms with van der Waals surface area (Å²) in [5, 5.41) is 24.0. The minimum absolute atomic E-state index is 0.0137. The number of nitrogen functional groups attached to an aromatic ring is 1. The molecule has 2 fully saturated rings. The van der Waals surface area contributed by atoms with Gasteiger partial charge in [0.05, 0.1) is 17.3 Å². The van der Waals surface area contributed by atoms with Crippen molar-refractivity contribution in [3.63, 3.8) is 0 Å². The van der Waals surface area contributed by atoms with Crippen LogP contribution in [0.5, 0.6) is 0 Å². The van der Waals surface area contributed by atoms with E-state index >= 15 is 0 Å². The number of carboxylic acid groups (broad SMARTS) is 1. The number of nitrogens with zero attached hydrogens (tertiary/aromatic N) is 4. The standard InChI is InChI=1S/C20H33F2N5O3/c1-25(9-4-14-5-10-26(11-6-14)19(28)29)13-20(30)7-2-15(3-8-20)27-12-16(23)17(24-27)18(21)22/h12,14-15,18,30H,2-11,13,23H2,1H3,(H,28,29). The first-order valence-electron chi connectivity index (χ1n) is 10.7. The first-order valence-corrected chi connectivity index (χ1v) is 10.7. The van der Waals surface area contributed by atoms with Crippen molar-refractivity contribution in [1.82, 2.24) is 19.6 Å². The van der Waals surface area contributed by atoms with Crippen LogP contribution in [0.2, 0.25) is 0 Å². The van der Waals surface area contributed by atoms with Gasteiger partial charge in [0.1, 0.15) is 0 Å². The van der Waals surface area contributed by atoms with Gasteiger partial charge in [-0.3, -0.25) is 4.68 Å². The molecule has 3 rings (SSSR count). The average Bonchev–Trinajstić information content (AvgIpc) is 3.09. The number of hydrogen-bond donors (Lipinski definition) is 3. The minimum atomic E-state index is -2.68. The molecular formula is C20H33F2N5O3. The molecule has 0 aromatic carbocycles. The number of aliphatic hydroxyl groups is 1. The van der Waals surface area contributed by atoms with E-state index in [1.807, 2.05) is 7.05 Å². The van der Waals surface area contributed by atoms with Gasteiger partial charge in [-0.2, -0.15) is 5.10 Å². The summed E-state index contributed by atoms with van der Waals surface area (Å²) in [6.07, 6.45) is 3.22. The lowest BCUT2D eigenvalue weighted by atomic mass is 9.81. The lowest BCUT2D eigenvalue weighted by Gasteiger charge is -2.39. The molecule has 1 aliphatic carbocycles. The largest absolute Gasteiger partial charge is 0.465 e. The molecule has 2 aliphatic rings. The number of hydrogen-bond acceptors (Lipinski definition) is 5.